The van der Waals surface area contributed by atoms with Crippen molar-refractivity contribution < 1.29 is 14.7 Å². The molecule has 0 spiro atoms. The lowest BCUT2D eigenvalue weighted by Gasteiger charge is -2.03. The van der Waals surface area contributed by atoms with E-state index in [1.165, 1.54) is 50.5 Å². The van der Waals surface area contributed by atoms with Crippen molar-refractivity contribution >= 4 is 12.3 Å². The average Bonchev–Trinajstić information content (AvgIpc) is 2.71. The minimum absolute atomic E-state index is 0.324. The topological polar surface area (TPSA) is 54.4 Å². The Labute approximate surface area is 193 Å². The van der Waals surface area contributed by atoms with Crippen LogP contribution in [0.25, 0.3) is 0 Å². The van der Waals surface area contributed by atoms with E-state index in [2.05, 4.69) is 58.1 Å². The molecule has 1 atom stereocenters. The molecule has 0 aromatic rings. The van der Waals surface area contributed by atoms with Crippen LogP contribution in [0.1, 0.15) is 124 Å². The largest absolute Gasteiger partial charge is 0.481 e. The molecule has 0 radical (unpaired) electrons. The molecule has 0 saturated heterocycles. The number of allylic oxidation sites excluding steroid dienone is 6. The smallest absolute Gasteiger partial charge is 0.303 e. The molecule has 0 aromatic heterocycles. The number of aliphatic carboxylic acids is 1. The van der Waals surface area contributed by atoms with Crippen LogP contribution >= 0.6 is 0 Å². The molecule has 3 nitrogen and oxygen atoms in total. The van der Waals surface area contributed by atoms with Crippen LogP contribution in [0.5, 0.6) is 0 Å². The first-order valence-electron chi connectivity index (χ1n) is 12.5. The molecule has 180 valence electrons. The summed E-state index contributed by atoms with van der Waals surface area (Å²) in [6.07, 6.45) is 28.5. The SMILES string of the molecule is CC(C)=CCCC(C)CC=O.CCCCC/C=C\C/C=C\CCCCCCCC(=O)O. The molecule has 0 saturated carbocycles. The Hall–Kier alpha value is -1.64. The fourth-order valence-corrected chi connectivity index (χ4v) is 3.03. The van der Waals surface area contributed by atoms with Crippen molar-refractivity contribution in [3.63, 3.8) is 0 Å². The molecule has 0 bridgehead atoms. The Bertz CT molecular complexity index is 484. The van der Waals surface area contributed by atoms with Gasteiger partial charge in [0.1, 0.15) is 6.29 Å². The summed E-state index contributed by atoms with van der Waals surface area (Å²) in [5.74, 6) is -0.126. The van der Waals surface area contributed by atoms with Gasteiger partial charge in [-0.1, -0.05) is 81.9 Å². The standard InChI is InChI=1S/C18H32O2.C10H18O/c1-2-3-4-5-6-7-8-9-10-11-12-13-14-15-16-17-18(19)20;1-9(2)5-4-6-10(3)7-8-11/h6-7,9-10H,2-5,8,11-17H2,1H3,(H,19,20);5,8,10H,4,6-7H2,1-3H3/b7-6-,10-9-;. The molecule has 0 aliphatic rings. The van der Waals surface area contributed by atoms with Crippen molar-refractivity contribution in [1.82, 2.24) is 0 Å². The minimum atomic E-state index is -0.671. The molecule has 0 heterocycles. The predicted molar refractivity (Wildman–Crippen MR) is 136 cm³/mol. The molecule has 0 aliphatic heterocycles. The first kappa shape index (κ1) is 31.5. The second-order valence-corrected chi connectivity index (χ2v) is 8.74. The normalized spacial score (nSPS) is 11.9. The van der Waals surface area contributed by atoms with Gasteiger partial charge in [0.05, 0.1) is 0 Å². The van der Waals surface area contributed by atoms with Gasteiger partial charge in [-0.15, -0.1) is 0 Å². The molecule has 0 aromatic carbocycles. The maximum atomic E-state index is 10.3. The molecule has 0 rings (SSSR count). The van der Waals surface area contributed by atoms with Gasteiger partial charge < -0.3 is 9.90 Å². The highest BCUT2D eigenvalue weighted by Gasteiger charge is 1.98. The third kappa shape index (κ3) is 33.2. The number of aldehydes is 1. The van der Waals surface area contributed by atoms with Crippen molar-refractivity contribution in [2.75, 3.05) is 0 Å². The number of rotatable bonds is 19. The highest BCUT2D eigenvalue weighted by molar-refractivity contribution is 5.66. The third-order valence-corrected chi connectivity index (χ3v) is 5.05. The fraction of sp³-hybridized carbons (Fsp3) is 0.714. The van der Waals surface area contributed by atoms with Crippen molar-refractivity contribution in [3.8, 4) is 0 Å². The number of carboxylic acids is 1. The number of carboxylic acid groups (broad SMARTS) is 1. The van der Waals surface area contributed by atoms with Crippen LogP contribution in [-0.2, 0) is 9.59 Å². The van der Waals surface area contributed by atoms with E-state index in [4.69, 9.17) is 5.11 Å². The van der Waals surface area contributed by atoms with Crippen LogP contribution in [0.15, 0.2) is 36.0 Å². The van der Waals surface area contributed by atoms with Gasteiger partial charge in [-0.25, -0.2) is 0 Å². The number of hydrogen-bond donors (Lipinski definition) is 1. The zero-order valence-electron chi connectivity index (χ0n) is 20.9. The van der Waals surface area contributed by atoms with Crippen molar-refractivity contribution in [2.45, 2.75) is 124 Å². The van der Waals surface area contributed by atoms with E-state index in [0.717, 1.165) is 44.8 Å². The van der Waals surface area contributed by atoms with E-state index >= 15 is 0 Å². The molecule has 3 heteroatoms. The number of carbonyl (C=O) groups is 2. The highest BCUT2D eigenvalue weighted by Crippen LogP contribution is 2.10. The quantitative estimate of drug-likeness (QED) is 0.125. The van der Waals surface area contributed by atoms with E-state index in [9.17, 15) is 9.59 Å². The van der Waals surface area contributed by atoms with Gasteiger partial charge in [0.2, 0.25) is 0 Å². The van der Waals surface area contributed by atoms with Crippen molar-refractivity contribution in [2.24, 2.45) is 5.92 Å². The molecule has 1 N–H and O–H groups in total. The van der Waals surface area contributed by atoms with Gasteiger partial charge in [0.25, 0.3) is 0 Å². The summed E-state index contributed by atoms with van der Waals surface area (Å²) in [5.41, 5.74) is 1.36. The van der Waals surface area contributed by atoms with Crippen LogP contribution in [0.3, 0.4) is 0 Å². The van der Waals surface area contributed by atoms with Crippen LogP contribution in [0.2, 0.25) is 0 Å². The molecule has 0 amide bonds. The summed E-state index contributed by atoms with van der Waals surface area (Å²) in [7, 11) is 0. The van der Waals surface area contributed by atoms with Crippen LogP contribution in [0.4, 0.5) is 0 Å². The second kappa shape index (κ2) is 26.4. The van der Waals surface area contributed by atoms with E-state index in [0.29, 0.717) is 18.8 Å². The lowest BCUT2D eigenvalue weighted by atomic mass is 10.0. The number of hydrogen-bond acceptors (Lipinski definition) is 2. The van der Waals surface area contributed by atoms with Crippen LogP contribution in [0, 0.1) is 5.92 Å². The van der Waals surface area contributed by atoms with E-state index in [1.807, 2.05) is 0 Å². The summed E-state index contributed by atoms with van der Waals surface area (Å²) in [6.45, 7) is 8.56. The number of unbranched alkanes of at least 4 members (excludes halogenated alkanes) is 8. The third-order valence-electron chi connectivity index (χ3n) is 5.05. The first-order valence-corrected chi connectivity index (χ1v) is 12.5. The molecular formula is C28H50O3. The van der Waals surface area contributed by atoms with Gasteiger partial charge in [0, 0.05) is 12.8 Å². The molecule has 31 heavy (non-hydrogen) atoms. The zero-order chi connectivity index (χ0) is 23.6. The Morgan fingerprint density at radius 3 is 1.97 bits per heavy atom. The number of carbonyl (C=O) groups excluding carboxylic acids is 1. The summed E-state index contributed by atoms with van der Waals surface area (Å²) in [4.78, 5) is 20.4. The summed E-state index contributed by atoms with van der Waals surface area (Å²) in [6, 6.07) is 0. The zero-order valence-corrected chi connectivity index (χ0v) is 20.9. The van der Waals surface area contributed by atoms with Crippen LogP contribution < -0.4 is 0 Å². The molecular weight excluding hydrogens is 384 g/mol. The monoisotopic (exact) mass is 434 g/mol. The van der Waals surface area contributed by atoms with Crippen molar-refractivity contribution in [3.05, 3.63) is 36.0 Å². The minimum Gasteiger partial charge on any atom is -0.481 e. The summed E-state index contributed by atoms with van der Waals surface area (Å²) >= 11 is 0. The van der Waals surface area contributed by atoms with E-state index in [1.54, 1.807) is 0 Å². The van der Waals surface area contributed by atoms with Crippen LogP contribution in [-0.4, -0.2) is 17.4 Å². The summed E-state index contributed by atoms with van der Waals surface area (Å²) in [5, 5.41) is 8.50. The Morgan fingerprint density at radius 1 is 0.839 bits per heavy atom. The van der Waals surface area contributed by atoms with Gasteiger partial charge in [-0.3, -0.25) is 4.79 Å². The lowest BCUT2D eigenvalue weighted by Crippen LogP contribution is -1.93. The molecule has 1 unspecified atom stereocenters. The van der Waals surface area contributed by atoms with Gasteiger partial charge >= 0.3 is 5.97 Å². The predicted octanol–water partition coefficient (Wildman–Crippen LogP) is 8.84. The fourth-order valence-electron chi connectivity index (χ4n) is 3.03. The Balaban J connectivity index is 0. The van der Waals surface area contributed by atoms with E-state index < -0.39 is 5.97 Å². The lowest BCUT2D eigenvalue weighted by molar-refractivity contribution is -0.137. The average molecular weight is 435 g/mol. The highest BCUT2D eigenvalue weighted by atomic mass is 16.4. The molecule has 0 aliphatic carbocycles. The Kier molecular flexibility index (Phi) is 26.9. The Morgan fingerprint density at radius 2 is 1.42 bits per heavy atom. The van der Waals surface area contributed by atoms with Gasteiger partial charge in [0.15, 0.2) is 0 Å². The van der Waals surface area contributed by atoms with Gasteiger partial charge in [-0.2, -0.15) is 0 Å². The van der Waals surface area contributed by atoms with Crippen molar-refractivity contribution in [1.29, 1.82) is 0 Å². The first-order chi connectivity index (χ1) is 14.9. The second-order valence-electron chi connectivity index (χ2n) is 8.74. The van der Waals surface area contributed by atoms with E-state index in [-0.39, 0.29) is 0 Å². The molecule has 0 fully saturated rings. The maximum absolute atomic E-state index is 10.3. The summed E-state index contributed by atoms with van der Waals surface area (Å²) < 4.78 is 0. The van der Waals surface area contributed by atoms with Gasteiger partial charge in [-0.05, 0) is 71.1 Å². The maximum Gasteiger partial charge on any atom is 0.303 e.